The molecule has 3 nitrogen and oxygen atoms in total. The summed E-state index contributed by atoms with van der Waals surface area (Å²) in [5.74, 6) is -0.0612. The number of carbonyl (C=O) groups excluding carboxylic acids is 1. The molecule has 2 aromatic carbocycles. The van der Waals surface area contributed by atoms with Crippen LogP contribution >= 0.6 is 0 Å². The van der Waals surface area contributed by atoms with Gasteiger partial charge in [0.15, 0.2) is 11.5 Å². The maximum absolute atomic E-state index is 13.6. The van der Waals surface area contributed by atoms with Crippen LogP contribution < -0.4 is 10.1 Å². The Morgan fingerprint density at radius 1 is 1.30 bits per heavy atom. The highest BCUT2D eigenvalue weighted by Crippen LogP contribution is 2.32. The Labute approximate surface area is 116 Å². The molecule has 0 amide bonds. The number of aryl methyl sites for hydroxylation is 1. The highest BCUT2D eigenvalue weighted by atomic mass is 19.1. The number of benzene rings is 2. The summed E-state index contributed by atoms with van der Waals surface area (Å²) in [5.41, 5.74) is 2.11. The number of carbonyl (C=O) groups is 1. The van der Waals surface area contributed by atoms with Crippen LogP contribution in [0.5, 0.6) is 5.75 Å². The van der Waals surface area contributed by atoms with Gasteiger partial charge in [-0.2, -0.15) is 0 Å². The van der Waals surface area contributed by atoms with E-state index in [-0.39, 0.29) is 11.6 Å². The molecule has 102 valence electrons. The van der Waals surface area contributed by atoms with Crippen molar-refractivity contribution < 1.29 is 13.9 Å². The van der Waals surface area contributed by atoms with E-state index >= 15 is 0 Å². The van der Waals surface area contributed by atoms with Crippen molar-refractivity contribution >= 4 is 11.5 Å². The number of rotatable bonds is 2. The molecule has 0 aromatic heterocycles. The molecule has 0 bridgehead atoms. The molecule has 0 radical (unpaired) electrons. The molecule has 2 aromatic rings. The second-order valence-electron chi connectivity index (χ2n) is 4.75. The van der Waals surface area contributed by atoms with Gasteiger partial charge in [-0.25, -0.2) is 4.39 Å². The number of ketones is 1. The molecular formula is C16H14FNO2. The molecule has 0 saturated heterocycles. The van der Waals surface area contributed by atoms with E-state index < -0.39 is 0 Å². The standard InChI is InChI=1S/C16H14FNO2/c1-10-5-6-11(9-13(10)17)15(19)12-3-2-4-14-16(12)20-8-7-18-14/h2-6,9,18H,7-8H2,1H3. The van der Waals surface area contributed by atoms with Gasteiger partial charge in [0.1, 0.15) is 12.4 Å². The molecule has 4 heteroatoms. The van der Waals surface area contributed by atoms with Crippen LogP contribution in [0.1, 0.15) is 21.5 Å². The van der Waals surface area contributed by atoms with Crippen molar-refractivity contribution in [2.75, 3.05) is 18.5 Å². The number of halogens is 1. The minimum atomic E-state index is -0.375. The highest BCUT2D eigenvalue weighted by Gasteiger charge is 2.20. The van der Waals surface area contributed by atoms with Gasteiger partial charge in [-0.1, -0.05) is 18.2 Å². The van der Waals surface area contributed by atoms with Crippen molar-refractivity contribution in [1.29, 1.82) is 0 Å². The first kappa shape index (κ1) is 12.7. The Morgan fingerprint density at radius 3 is 2.95 bits per heavy atom. The summed E-state index contributed by atoms with van der Waals surface area (Å²) in [6.45, 7) is 2.89. The molecule has 0 fully saturated rings. The minimum absolute atomic E-state index is 0.232. The Morgan fingerprint density at radius 2 is 2.15 bits per heavy atom. The Balaban J connectivity index is 2.04. The lowest BCUT2D eigenvalue weighted by molar-refractivity contribution is 0.103. The van der Waals surface area contributed by atoms with Gasteiger partial charge in [-0.05, 0) is 30.7 Å². The van der Waals surface area contributed by atoms with Gasteiger partial charge in [0.05, 0.1) is 11.3 Å². The summed E-state index contributed by atoms with van der Waals surface area (Å²) >= 11 is 0. The van der Waals surface area contributed by atoms with Gasteiger partial charge >= 0.3 is 0 Å². The van der Waals surface area contributed by atoms with E-state index in [0.29, 0.717) is 35.6 Å². The van der Waals surface area contributed by atoms with Crippen molar-refractivity contribution in [3.05, 3.63) is 58.9 Å². The lowest BCUT2D eigenvalue weighted by Crippen LogP contribution is -2.20. The molecule has 0 unspecified atom stereocenters. The Bertz CT molecular complexity index is 682. The van der Waals surface area contributed by atoms with Crippen molar-refractivity contribution in [3.63, 3.8) is 0 Å². The van der Waals surface area contributed by atoms with Gasteiger partial charge in [-0.15, -0.1) is 0 Å². The summed E-state index contributed by atoms with van der Waals surface area (Å²) < 4.78 is 19.2. The Kier molecular flexibility index (Phi) is 3.14. The maximum atomic E-state index is 13.6. The van der Waals surface area contributed by atoms with Gasteiger partial charge in [0.25, 0.3) is 0 Å². The topological polar surface area (TPSA) is 38.3 Å². The van der Waals surface area contributed by atoms with Gasteiger partial charge in [0, 0.05) is 12.1 Å². The third-order valence-corrected chi connectivity index (χ3v) is 3.36. The molecule has 0 atom stereocenters. The highest BCUT2D eigenvalue weighted by molar-refractivity contribution is 6.11. The molecular weight excluding hydrogens is 257 g/mol. The van der Waals surface area contributed by atoms with Crippen molar-refractivity contribution in [2.24, 2.45) is 0 Å². The van der Waals surface area contributed by atoms with E-state index in [1.165, 1.54) is 6.07 Å². The third-order valence-electron chi connectivity index (χ3n) is 3.36. The second kappa shape index (κ2) is 4.96. The average Bonchev–Trinajstić information content (AvgIpc) is 2.49. The molecule has 1 aliphatic rings. The molecule has 3 rings (SSSR count). The summed E-state index contributed by atoms with van der Waals surface area (Å²) in [6, 6.07) is 9.87. The van der Waals surface area contributed by atoms with Crippen LogP contribution in [-0.4, -0.2) is 18.9 Å². The molecule has 20 heavy (non-hydrogen) atoms. The molecule has 1 aliphatic heterocycles. The zero-order valence-corrected chi connectivity index (χ0v) is 11.1. The van der Waals surface area contributed by atoms with Crippen LogP contribution in [0.25, 0.3) is 0 Å². The normalized spacial score (nSPS) is 13.1. The summed E-state index contributed by atoms with van der Waals surface area (Å²) in [7, 11) is 0. The summed E-state index contributed by atoms with van der Waals surface area (Å²) in [4.78, 5) is 12.5. The third kappa shape index (κ3) is 2.13. The number of para-hydroxylation sites is 1. The smallest absolute Gasteiger partial charge is 0.196 e. The number of fused-ring (bicyclic) bond motifs is 1. The fraction of sp³-hybridized carbons (Fsp3) is 0.188. The lowest BCUT2D eigenvalue weighted by Gasteiger charge is -2.21. The molecule has 0 aliphatic carbocycles. The fourth-order valence-electron chi connectivity index (χ4n) is 2.24. The largest absolute Gasteiger partial charge is 0.489 e. The Hall–Kier alpha value is -2.36. The van der Waals surface area contributed by atoms with Crippen LogP contribution in [0.2, 0.25) is 0 Å². The predicted octanol–water partition coefficient (Wildman–Crippen LogP) is 3.17. The lowest BCUT2D eigenvalue weighted by atomic mass is 10.00. The second-order valence-corrected chi connectivity index (χ2v) is 4.75. The van der Waals surface area contributed by atoms with Crippen LogP contribution in [0, 0.1) is 12.7 Å². The minimum Gasteiger partial charge on any atom is -0.489 e. The summed E-state index contributed by atoms with van der Waals surface area (Å²) in [6.07, 6.45) is 0. The number of ether oxygens (including phenoxy) is 1. The van der Waals surface area contributed by atoms with Crippen molar-refractivity contribution in [2.45, 2.75) is 6.92 Å². The number of anilines is 1. The van der Waals surface area contributed by atoms with Crippen molar-refractivity contribution in [1.82, 2.24) is 0 Å². The van der Waals surface area contributed by atoms with Crippen LogP contribution in [0.4, 0.5) is 10.1 Å². The van der Waals surface area contributed by atoms with E-state index in [2.05, 4.69) is 5.32 Å². The summed E-state index contributed by atoms with van der Waals surface area (Å²) in [5, 5.41) is 3.18. The van der Waals surface area contributed by atoms with Crippen LogP contribution in [0.15, 0.2) is 36.4 Å². The first-order chi connectivity index (χ1) is 9.66. The van der Waals surface area contributed by atoms with Crippen LogP contribution in [0.3, 0.4) is 0 Å². The van der Waals surface area contributed by atoms with E-state index in [1.807, 2.05) is 6.07 Å². The maximum Gasteiger partial charge on any atom is 0.196 e. The number of hydrogen-bond acceptors (Lipinski definition) is 3. The van der Waals surface area contributed by atoms with E-state index in [1.54, 1.807) is 31.2 Å². The zero-order valence-electron chi connectivity index (χ0n) is 11.1. The van der Waals surface area contributed by atoms with Gasteiger partial charge in [0.2, 0.25) is 0 Å². The predicted molar refractivity (Wildman–Crippen MR) is 75.0 cm³/mol. The van der Waals surface area contributed by atoms with Gasteiger partial charge < -0.3 is 10.1 Å². The fourth-order valence-corrected chi connectivity index (χ4v) is 2.24. The average molecular weight is 271 g/mol. The quantitative estimate of drug-likeness (QED) is 0.853. The first-order valence-corrected chi connectivity index (χ1v) is 6.47. The monoisotopic (exact) mass is 271 g/mol. The number of nitrogens with one attached hydrogen (secondary N) is 1. The molecule has 1 heterocycles. The first-order valence-electron chi connectivity index (χ1n) is 6.47. The molecule has 0 spiro atoms. The molecule has 1 N–H and O–H groups in total. The van der Waals surface area contributed by atoms with Crippen LogP contribution in [-0.2, 0) is 0 Å². The molecule has 0 saturated carbocycles. The van der Waals surface area contributed by atoms with E-state index in [0.717, 1.165) is 5.69 Å². The van der Waals surface area contributed by atoms with E-state index in [4.69, 9.17) is 4.74 Å². The SMILES string of the molecule is Cc1ccc(C(=O)c2cccc3c2OCCN3)cc1F. The van der Waals surface area contributed by atoms with Crippen molar-refractivity contribution in [3.8, 4) is 5.75 Å². The number of hydrogen-bond donors (Lipinski definition) is 1. The van der Waals surface area contributed by atoms with E-state index in [9.17, 15) is 9.18 Å². The van der Waals surface area contributed by atoms with Gasteiger partial charge in [-0.3, -0.25) is 4.79 Å². The zero-order chi connectivity index (χ0) is 14.1.